The Morgan fingerprint density at radius 2 is 0.858 bits per heavy atom. The monoisotopic (exact) mass is 1560 g/mol. The van der Waals surface area contributed by atoms with Gasteiger partial charge in [0.05, 0.1) is 43.8 Å². The third kappa shape index (κ3) is 24.4. The number of guanidine groups is 1. The van der Waals surface area contributed by atoms with Crippen molar-refractivity contribution in [2.24, 2.45) is 17.2 Å². The second kappa shape index (κ2) is 40.4. The maximum absolute atomic E-state index is 15.0. The number of carbonyl (C=O) groups is 13. The number of phenolic OH excluding ortho intramolecular Hbond substituents is 1. The second-order valence-corrected chi connectivity index (χ2v) is 27.0. The highest BCUT2D eigenvalue weighted by molar-refractivity contribution is 6.01. The van der Waals surface area contributed by atoms with E-state index < -0.39 is 194 Å². The number of hydrogen-bond acceptors (Lipinski definition) is 20. The molecule has 4 heterocycles. The summed E-state index contributed by atoms with van der Waals surface area (Å²) < 4.78 is 0. The minimum absolute atomic E-state index is 0.0299. The molecule has 4 aromatic heterocycles. The number of carboxylic acids is 1. The summed E-state index contributed by atoms with van der Waals surface area (Å²) in [6.07, 6.45) is 3.15. The highest BCUT2D eigenvalue weighted by Gasteiger charge is 2.38. The molecule has 12 amide bonds. The van der Waals surface area contributed by atoms with E-state index in [1.165, 1.54) is 56.8 Å². The summed E-state index contributed by atoms with van der Waals surface area (Å²) in [5.41, 5.74) is 20.9. The van der Waals surface area contributed by atoms with Gasteiger partial charge >= 0.3 is 5.97 Å². The van der Waals surface area contributed by atoms with Crippen molar-refractivity contribution >= 4 is 116 Å². The van der Waals surface area contributed by atoms with Crippen LogP contribution in [0.4, 0.5) is 0 Å². The minimum Gasteiger partial charge on any atom is -0.508 e. The van der Waals surface area contributed by atoms with Gasteiger partial charge in [-0.1, -0.05) is 66.7 Å². The van der Waals surface area contributed by atoms with Gasteiger partial charge in [0.2, 0.25) is 70.9 Å². The van der Waals surface area contributed by atoms with E-state index in [4.69, 9.17) is 22.6 Å². The quantitative estimate of drug-likeness (QED) is 0.00972. The van der Waals surface area contributed by atoms with Crippen LogP contribution < -0.4 is 81.0 Å². The molecular weight excluding hydrogens is 1470 g/mol. The van der Waals surface area contributed by atoms with Crippen molar-refractivity contribution < 1.29 is 87.9 Å². The number of para-hydroxylation sites is 3. The van der Waals surface area contributed by atoms with Gasteiger partial charge < -0.3 is 126 Å². The molecule has 13 atom stereocenters. The SMILES string of the molecule is C[C@H](N)C(=O)N[C@@H](Cc1c[nH]c2ccccc12)C(=O)N[C@@H](CO)C(=O)N[C@@H](C)C(=O)N[C@H](C(=O)N[C@@H](Cc1c[nH]c2ccccc12)C(=O)N[C@@H](CO)C(=O)N[C@@H](CC(N)=O)C(=O)N[C@@H](Cc1ccc(O)cc1)C(=O)N[C@@H](Cc1c[nH]c2ccccc12)C(=O)N[C@@H](CCCNC(=N)N)C(=O)N[C@@H](Cc1c[nH]cn1)C(=O)O)[C@@H](C)O. The number of rotatable bonds is 42. The number of phenols is 1. The number of hydrogen-bond donors (Lipinski definition) is 25. The summed E-state index contributed by atoms with van der Waals surface area (Å²) in [6.45, 7) is 1.48. The molecule has 8 aromatic rings. The molecule has 0 saturated heterocycles. The number of carboxylic acid groups (broad SMARTS) is 1. The van der Waals surface area contributed by atoms with E-state index in [0.29, 0.717) is 44.1 Å². The Hall–Kier alpha value is -13.3. The fourth-order valence-corrected chi connectivity index (χ4v) is 12.2. The number of aliphatic hydroxyl groups excluding tert-OH is 3. The Labute approximate surface area is 644 Å². The molecule has 4 aromatic carbocycles. The zero-order valence-corrected chi connectivity index (χ0v) is 61.6. The number of aromatic nitrogens is 5. The van der Waals surface area contributed by atoms with Crippen LogP contribution in [0, 0.1) is 5.41 Å². The Kier molecular flexibility index (Phi) is 30.5. The van der Waals surface area contributed by atoms with Gasteiger partial charge in [-0.3, -0.25) is 62.9 Å². The van der Waals surface area contributed by atoms with Gasteiger partial charge in [-0.25, -0.2) is 9.78 Å². The number of H-pyrrole nitrogens is 4. The van der Waals surface area contributed by atoms with Crippen LogP contribution >= 0.6 is 0 Å². The summed E-state index contributed by atoms with van der Waals surface area (Å²) in [6, 6.07) is 6.39. The highest BCUT2D eigenvalue weighted by Crippen LogP contribution is 2.23. The van der Waals surface area contributed by atoms with Gasteiger partial charge in [-0.05, 0) is 86.2 Å². The molecule has 28 N–H and O–H groups in total. The zero-order valence-electron chi connectivity index (χ0n) is 61.6. The van der Waals surface area contributed by atoms with Crippen LogP contribution in [0.3, 0.4) is 0 Å². The van der Waals surface area contributed by atoms with Gasteiger partial charge in [-0.15, -0.1) is 0 Å². The summed E-state index contributed by atoms with van der Waals surface area (Å²) in [5.74, 6) is -15.1. The first-order chi connectivity index (χ1) is 53.9. The van der Waals surface area contributed by atoms with Gasteiger partial charge in [-0.2, -0.15) is 0 Å². The van der Waals surface area contributed by atoms with Crippen LogP contribution in [0.15, 0.2) is 128 Å². The Morgan fingerprint density at radius 3 is 1.29 bits per heavy atom. The first-order valence-corrected chi connectivity index (χ1v) is 35.9. The van der Waals surface area contributed by atoms with Crippen LogP contribution in [0.1, 0.15) is 68.0 Å². The van der Waals surface area contributed by atoms with Crippen LogP contribution in [-0.4, -0.2) is 232 Å². The molecule has 0 unspecified atom stereocenters. The number of aliphatic hydroxyl groups is 3. The average Bonchev–Trinajstić information content (AvgIpc) is 1.72. The van der Waals surface area contributed by atoms with E-state index in [1.807, 2.05) is 0 Å². The smallest absolute Gasteiger partial charge is 0.326 e. The third-order valence-corrected chi connectivity index (χ3v) is 18.3. The molecule has 0 aliphatic rings. The van der Waals surface area contributed by atoms with E-state index in [9.17, 15) is 83.1 Å². The molecule has 0 aliphatic heterocycles. The minimum atomic E-state index is -2.03. The van der Waals surface area contributed by atoms with Crippen molar-refractivity contribution in [1.82, 2.24) is 88.7 Å². The average molecular weight is 1560 g/mol. The standard InChI is InChI=1S/C74H93N21O18/c1-36(75)62(101)87-53(24-40-29-81-48-14-7-4-11-45(40)48)67(106)93-58(33-96)70(109)85-37(2)63(102)95-61(38(3)98)72(111)91-55(26-42-31-83-50-16-9-6-13-47(42)50)68(107)94-59(34-97)71(110)90-56(28-60(76)100)69(108)88-52(23-39-18-20-44(99)21-19-39)65(104)89-54(25-41-30-82-49-15-8-5-12-46(41)49)66(105)86-51(17-10-22-80-74(77)78)64(103)92-57(73(112)113)27-43-32-79-35-84-43/h4-9,11-16,18-21,29-32,35-38,51-59,61,81-83,96-99H,10,17,22-28,33-34,75H2,1-3H3,(H2,76,100)(H,79,84)(H,85,109)(H,86,105)(H,87,101)(H,88,108)(H,89,104)(H,90,110)(H,91,111)(H,92,103)(H,93,106)(H,94,107)(H,95,102)(H,112,113)(H4,77,78,80)/t36-,37-,38+,51-,52-,53-,54-,55-,56-,57-,58-,59-,61-/m0/s1. The number of fused-ring (bicyclic) bond motifs is 3. The number of nitrogens with one attached hydrogen (secondary N) is 17. The Bertz CT molecular complexity index is 4710. The highest BCUT2D eigenvalue weighted by atomic mass is 16.4. The van der Waals surface area contributed by atoms with E-state index in [0.717, 1.165) is 17.8 Å². The van der Waals surface area contributed by atoms with Crippen molar-refractivity contribution in [3.05, 3.63) is 156 Å². The lowest BCUT2D eigenvalue weighted by molar-refractivity contribution is -0.142. The molecule has 602 valence electrons. The molecule has 0 saturated carbocycles. The largest absolute Gasteiger partial charge is 0.508 e. The lowest BCUT2D eigenvalue weighted by Gasteiger charge is -2.28. The van der Waals surface area contributed by atoms with Crippen molar-refractivity contribution in [3.63, 3.8) is 0 Å². The van der Waals surface area contributed by atoms with Gasteiger partial charge in [0.1, 0.15) is 72.2 Å². The van der Waals surface area contributed by atoms with E-state index in [-0.39, 0.29) is 50.1 Å². The van der Waals surface area contributed by atoms with Crippen molar-refractivity contribution in [2.75, 3.05) is 19.8 Å². The topological polar surface area (TPSA) is 645 Å². The number of amides is 12. The summed E-state index contributed by atoms with van der Waals surface area (Å²) in [4.78, 5) is 198. The number of nitrogens with zero attached hydrogens (tertiary/aromatic N) is 1. The molecule has 0 spiro atoms. The van der Waals surface area contributed by atoms with E-state index in [1.54, 1.807) is 85.2 Å². The molecular formula is C74H93N21O18. The van der Waals surface area contributed by atoms with Crippen molar-refractivity contribution in [1.29, 1.82) is 5.41 Å². The molecule has 113 heavy (non-hydrogen) atoms. The number of carbonyl (C=O) groups excluding carboxylic acids is 12. The number of primary amides is 1. The maximum atomic E-state index is 15.0. The zero-order chi connectivity index (χ0) is 82.2. The summed E-state index contributed by atoms with van der Waals surface area (Å²) in [5, 5.41) is 91.5. The van der Waals surface area contributed by atoms with Crippen LogP contribution in [0.25, 0.3) is 32.7 Å². The number of aromatic amines is 4. The van der Waals surface area contributed by atoms with Crippen LogP contribution in [0.5, 0.6) is 5.75 Å². The van der Waals surface area contributed by atoms with Crippen LogP contribution in [0.2, 0.25) is 0 Å². The Morgan fingerprint density at radius 1 is 0.460 bits per heavy atom. The Balaban J connectivity index is 0.989. The molecule has 39 nitrogen and oxygen atoms in total. The van der Waals surface area contributed by atoms with E-state index >= 15 is 4.79 Å². The third-order valence-electron chi connectivity index (χ3n) is 18.3. The number of aliphatic carboxylic acids is 1. The number of aromatic hydroxyl groups is 1. The normalized spacial score (nSPS) is 14.7. The first-order valence-electron chi connectivity index (χ1n) is 35.9. The fourth-order valence-electron chi connectivity index (χ4n) is 12.2. The lowest BCUT2D eigenvalue weighted by atomic mass is 10.0. The van der Waals surface area contributed by atoms with Gasteiger partial charge in [0.25, 0.3) is 0 Å². The molecule has 8 rings (SSSR count). The number of imidazole rings is 1. The van der Waals surface area contributed by atoms with Gasteiger partial charge in [0.15, 0.2) is 5.96 Å². The predicted octanol–water partition coefficient (Wildman–Crippen LogP) is -4.64. The van der Waals surface area contributed by atoms with Crippen LogP contribution in [-0.2, 0) is 94.4 Å². The van der Waals surface area contributed by atoms with E-state index in [2.05, 4.69) is 88.7 Å². The molecule has 0 fully saturated rings. The molecule has 39 heteroatoms. The second-order valence-electron chi connectivity index (χ2n) is 27.0. The molecule has 0 radical (unpaired) electrons. The first kappa shape index (κ1) is 85.3. The number of nitrogens with two attached hydrogens (primary N) is 3. The summed E-state index contributed by atoms with van der Waals surface area (Å²) in [7, 11) is 0. The summed E-state index contributed by atoms with van der Waals surface area (Å²) >= 11 is 0. The maximum Gasteiger partial charge on any atom is 0.326 e. The number of benzene rings is 4. The van der Waals surface area contributed by atoms with Crippen molar-refractivity contribution in [2.45, 2.75) is 151 Å². The molecule has 0 aliphatic carbocycles. The predicted molar refractivity (Wildman–Crippen MR) is 407 cm³/mol. The van der Waals surface area contributed by atoms with Crippen molar-refractivity contribution in [3.8, 4) is 5.75 Å². The molecule has 0 bridgehead atoms. The fraction of sp³-hybridized carbons (Fsp3) is 0.365. The van der Waals surface area contributed by atoms with Gasteiger partial charge in [0, 0.05) is 96.1 Å². The lowest BCUT2D eigenvalue weighted by Crippen LogP contribution is -2.62.